The monoisotopic (exact) mass is 691 g/mol. The summed E-state index contributed by atoms with van der Waals surface area (Å²) in [6.45, 7) is 6.99. The van der Waals surface area contributed by atoms with Crippen molar-refractivity contribution in [2.45, 2.75) is 102 Å². The fourth-order valence-corrected chi connectivity index (χ4v) is 7.17. The van der Waals surface area contributed by atoms with Gasteiger partial charge < -0.3 is 24.8 Å². The number of likely N-dealkylation sites (N-methyl/N-ethyl adjacent to an activating group) is 1. The van der Waals surface area contributed by atoms with Crippen molar-refractivity contribution < 1.29 is 32.3 Å². The summed E-state index contributed by atoms with van der Waals surface area (Å²) >= 11 is 6.17. The lowest BCUT2D eigenvalue weighted by molar-refractivity contribution is -0.186. The minimum atomic E-state index is -4.24. The van der Waals surface area contributed by atoms with Crippen molar-refractivity contribution in [3.05, 3.63) is 58.7 Å². The number of halogens is 4. The van der Waals surface area contributed by atoms with Gasteiger partial charge in [-0.3, -0.25) is 9.59 Å². The molecule has 3 fully saturated rings. The Bertz CT molecular complexity index is 1440. The van der Waals surface area contributed by atoms with Gasteiger partial charge in [-0.1, -0.05) is 23.7 Å². The number of anilines is 1. The first-order chi connectivity index (χ1) is 22.6. The molecule has 9 nitrogen and oxygen atoms in total. The van der Waals surface area contributed by atoms with E-state index in [0.29, 0.717) is 35.9 Å². The first kappa shape index (κ1) is 35.8. The average molecular weight is 692 g/mol. The first-order valence-electron chi connectivity index (χ1n) is 16.7. The molecule has 1 aliphatic carbocycles. The number of carbonyl (C=O) groups is 3. The molecular formula is C35H45ClF3N5O4. The molecule has 3 amide bonds. The van der Waals surface area contributed by atoms with Crippen LogP contribution in [0.1, 0.15) is 87.6 Å². The van der Waals surface area contributed by atoms with E-state index in [-0.39, 0.29) is 50.0 Å². The molecule has 2 aromatic rings. The molecule has 1 aromatic carbocycles. The van der Waals surface area contributed by atoms with Gasteiger partial charge in [-0.05, 0) is 95.5 Å². The van der Waals surface area contributed by atoms with Crippen LogP contribution in [0.3, 0.4) is 0 Å². The molecular weight excluding hydrogens is 647 g/mol. The molecule has 262 valence electrons. The highest BCUT2D eigenvalue weighted by Gasteiger charge is 2.45. The summed E-state index contributed by atoms with van der Waals surface area (Å²) in [7, 11) is 1.62. The lowest BCUT2D eigenvalue weighted by Crippen LogP contribution is -2.51. The topological polar surface area (TPSA) is 95.1 Å². The minimum Gasteiger partial charge on any atom is -0.446 e. The smallest absolute Gasteiger partial charge is 0.410 e. The first-order valence-corrected chi connectivity index (χ1v) is 17.1. The SMILES string of the molecule is CN(C(=O)OC1CCC(C(F)(F)F)CC1)[C@@H]1CN(C(=O)C2CCCCN2c2ccc(C(=O)NC(C)(C)C)cn2)C[C@H]1c1ccc(Cl)cc1. The number of amides is 3. The highest BCUT2D eigenvalue weighted by Crippen LogP contribution is 2.39. The van der Waals surface area contributed by atoms with E-state index in [0.717, 1.165) is 18.4 Å². The molecule has 2 saturated heterocycles. The van der Waals surface area contributed by atoms with Crippen LogP contribution >= 0.6 is 11.6 Å². The summed E-state index contributed by atoms with van der Waals surface area (Å²) in [6, 6.07) is 9.93. The molecule has 5 rings (SSSR count). The van der Waals surface area contributed by atoms with Gasteiger partial charge in [-0.25, -0.2) is 9.78 Å². The van der Waals surface area contributed by atoms with Gasteiger partial charge in [-0.15, -0.1) is 0 Å². The van der Waals surface area contributed by atoms with Gasteiger partial charge >= 0.3 is 12.3 Å². The third kappa shape index (κ3) is 8.54. The van der Waals surface area contributed by atoms with E-state index in [4.69, 9.17) is 16.3 Å². The average Bonchev–Trinajstić information content (AvgIpc) is 3.49. The molecule has 0 bridgehead atoms. The lowest BCUT2D eigenvalue weighted by Gasteiger charge is -2.37. The minimum absolute atomic E-state index is 0.0656. The Morgan fingerprint density at radius 2 is 1.65 bits per heavy atom. The third-order valence-electron chi connectivity index (χ3n) is 9.67. The molecule has 0 spiro atoms. The van der Waals surface area contributed by atoms with Crippen LogP contribution in [0.2, 0.25) is 5.02 Å². The number of nitrogens with zero attached hydrogens (tertiary/aromatic N) is 4. The number of hydrogen-bond donors (Lipinski definition) is 1. The Hall–Kier alpha value is -3.54. The van der Waals surface area contributed by atoms with Crippen molar-refractivity contribution in [2.75, 3.05) is 31.6 Å². The molecule has 1 aromatic heterocycles. The maximum Gasteiger partial charge on any atom is 0.410 e. The Balaban J connectivity index is 1.30. The zero-order valence-corrected chi connectivity index (χ0v) is 28.7. The summed E-state index contributed by atoms with van der Waals surface area (Å²) in [6.07, 6.45) is -1.30. The van der Waals surface area contributed by atoms with E-state index < -0.39 is 41.9 Å². The number of hydrogen-bond acceptors (Lipinski definition) is 6. The summed E-state index contributed by atoms with van der Waals surface area (Å²) in [5.41, 5.74) is 0.958. The maximum absolute atomic E-state index is 14.3. The van der Waals surface area contributed by atoms with Crippen LogP contribution in [-0.2, 0) is 9.53 Å². The highest BCUT2D eigenvalue weighted by molar-refractivity contribution is 6.30. The fraction of sp³-hybridized carbons (Fsp3) is 0.600. The van der Waals surface area contributed by atoms with Crippen LogP contribution in [0.4, 0.5) is 23.8 Å². The largest absolute Gasteiger partial charge is 0.446 e. The van der Waals surface area contributed by atoms with Crippen LogP contribution in [-0.4, -0.2) is 89.3 Å². The van der Waals surface area contributed by atoms with Crippen LogP contribution < -0.4 is 10.2 Å². The molecule has 3 heterocycles. The van der Waals surface area contributed by atoms with Crippen molar-refractivity contribution >= 4 is 35.3 Å². The molecule has 48 heavy (non-hydrogen) atoms. The van der Waals surface area contributed by atoms with Crippen molar-refractivity contribution in [3.63, 3.8) is 0 Å². The Morgan fingerprint density at radius 3 is 2.25 bits per heavy atom. The van der Waals surface area contributed by atoms with E-state index in [1.807, 2.05) is 37.8 Å². The van der Waals surface area contributed by atoms with Crippen LogP contribution in [0, 0.1) is 5.92 Å². The summed E-state index contributed by atoms with van der Waals surface area (Å²) in [4.78, 5) is 50.1. The molecule has 1 N–H and O–H groups in total. The molecule has 3 aliphatic rings. The van der Waals surface area contributed by atoms with Crippen molar-refractivity contribution in [1.82, 2.24) is 20.1 Å². The van der Waals surface area contributed by atoms with E-state index in [1.54, 1.807) is 36.2 Å². The molecule has 2 aliphatic heterocycles. The lowest BCUT2D eigenvalue weighted by atomic mass is 9.87. The normalized spacial score (nSPS) is 25.0. The van der Waals surface area contributed by atoms with Crippen molar-refractivity contribution in [3.8, 4) is 0 Å². The van der Waals surface area contributed by atoms with Gasteiger partial charge in [0.1, 0.15) is 18.0 Å². The number of benzene rings is 1. The van der Waals surface area contributed by atoms with E-state index in [2.05, 4.69) is 10.3 Å². The van der Waals surface area contributed by atoms with Crippen LogP contribution in [0.5, 0.6) is 0 Å². The highest BCUT2D eigenvalue weighted by atomic mass is 35.5. The summed E-state index contributed by atoms with van der Waals surface area (Å²) in [5, 5.41) is 3.50. The van der Waals surface area contributed by atoms with Gasteiger partial charge in [0, 0.05) is 49.4 Å². The van der Waals surface area contributed by atoms with Gasteiger partial charge in [0.25, 0.3) is 5.91 Å². The number of aromatic nitrogens is 1. The zero-order chi connectivity index (χ0) is 34.8. The number of likely N-dealkylation sites (tertiary alicyclic amines) is 1. The Labute approximate surface area is 285 Å². The standard InChI is InChI=1S/C35H45ClF3N5O4/c1-34(2,3)41-31(45)23-10-17-30(40-19-23)44-18-6-5-7-28(44)32(46)43-20-27(22-8-13-25(36)14-9-22)29(21-43)42(4)33(47)48-26-15-11-24(12-16-26)35(37,38)39/h8-10,13-14,17,19,24,26-29H,5-7,11-12,15-16,18,20-21H2,1-4H3,(H,41,45)/t24?,26?,27-,28?,29+/m0/s1. The summed E-state index contributed by atoms with van der Waals surface area (Å²) in [5.74, 6) is -1.28. The zero-order valence-electron chi connectivity index (χ0n) is 27.9. The van der Waals surface area contributed by atoms with E-state index >= 15 is 0 Å². The molecule has 1 unspecified atom stereocenters. The van der Waals surface area contributed by atoms with Crippen LogP contribution in [0.25, 0.3) is 0 Å². The van der Waals surface area contributed by atoms with Crippen LogP contribution in [0.15, 0.2) is 42.6 Å². The number of alkyl halides is 3. The number of rotatable bonds is 6. The van der Waals surface area contributed by atoms with E-state index in [1.165, 1.54) is 11.1 Å². The Kier molecular flexibility index (Phi) is 10.8. The predicted octanol–water partition coefficient (Wildman–Crippen LogP) is 6.81. The number of carbonyl (C=O) groups excluding carboxylic acids is 3. The second kappa shape index (κ2) is 14.5. The number of pyridine rings is 1. The third-order valence-corrected chi connectivity index (χ3v) is 9.92. The molecule has 0 radical (unpaired) electrons. The quantitative estimate of drug-likeness (QED) is 0.358. The fourth-order valence-electron chi connectivity index (χ4n) is 7.04. The van der Waals surface area contributed by atoms with Gasteiger partial charge in [0.05, 0.1) is 17.5 Å². The van der Waals surface area contributed by atoms with Crippen molar-refractivity contribution in [1.29, 1.82) is 0 Å². The molecule has 1 saturated carbocycles. The molecule has 13 heteroatoms. The van der Waals surface area contributed by atoms with Gasteiger partial charge in [0.15, 0.2) is 0 Å². The second-order valence-corrected chi connectivity index (χ2v) is 14.7. The number of nitrogens with one attached hydrogen (secondary N) is 1. The summed E-state index contributed by atoms with van der Waals surface area (Å²) < 4.78 is 45.2. The van der Waals surface area contributed by atoms with Crippen molar-refractivity contribution in [2.24, 2.45) is 5.92 Å². The molecule has 3 atom stereocenters. The number of piperidine rings is 1. The number of ether oxygens (including phenoxy) is 1. The predicted molar refractivity (Wildman–Crippen MR) is 177 cm³/mol. The van der Waals surface area contributed by atoms with Gasteiger partial charge in [0.2, 0.25) is 5.91 Å². The Morgan fingerprint density at radius 1 is 0.958 bits per heavy atom. The van der Waals surface area contributed by atoms with Gasteiger partial charge in [-0.2, -0.15) is 13.2 Å². The van der Waals surface area contributed by atoms with E-state index in [9.17, 15) is 27.6 Å². The second-order valence-electron chi connectivity index (χ2n) is 14.3. The maximum atomic E-state index is 14.3.